The normalized spacial score (nSPS) is 12.0. The van der Waals surface area contributed by atoms with Crippen LogP contribution in [0.25, 0.3) is 0 Å². The zero-order chi connectivity index (χ0) is 7.33. The molecule has 0 aromatic heterocycles. The molecule has 0 heterocycles. The SMILES string of the molecule is CCCCCC(C)(C)C. The van der Waals surface area contributed by atoms with Crippen LogP contribution in [0, 0.1) is 5.41 Å². The van der Waals surface area contributed by atoms with Gasteiger partial charge in [0.2, 0.25) is 0 Å². The summed E-state index contributed by atoms with van der Waals surface area (Å²) in [6, 6.07) is 0. The summed E-state index contributed by atoms with van der Waals surface area (Å²) in [4.78, 5) is 0. The van der Waals surface area contributed by atoms with Gasteiger partial charge >= 0.3 is 0 Å². The molecule has 0 heteroatoms. The van der Waals surface area contributed by atoms with Crippen LogP contribution in [-0.4, -0.2) is 0 Å². The lowest BCUT2D eigenvalue weighted by atomic mass is 9.90. The van der Waals surface area contributed by atoms with Gasteiger partial charge in [-0.2, -0.15) is 0 Å². The fourth-order valence-electron chi connectivity index (χ4n) is 0.905. The van der Waals surface area contributed by atoms with E-state index in [1.165, 1.54) is 25.7 Å². The number of hydrogen-bond acceptors (Lipinski definition) is 0. The molecule has 0 saturated carbocycles. The van der Waals surface area contributed by atoms with Crippen LogP contribution in [0.2, 0.25) is 0 Å². The molecular weight excluding hydrogens is 108 g/mol. The Morgan fingerprint density at radius 2 is 1.56 bits per heavy atom. The van der Waals surface area contributed by atoms with E-state index in [9.17, 15) is 0 Å². The minimum Gasteiger partial charge on any atom is -0.0654 e. The summed E-state index contributed by atoms with van der Waals surface area (Å²) in [5, 5.41) is 0. The third-order valence-electron chi connectivity index (χ3n) is 1.53. The summed E-state index contributed by atoms with van der Waals surface area (Å²) in [5.74, 6) is 0. The van der Waals surface area contributed by atoms with Crippen LogP contribution in [-0.2, 0) is 0 Å². The number of rotatable bonds is 3. The van der Waals surface area contributed by atoms with Gasteiger partial charge in [-0.1, -0.05) is 47.0 Å². The number of hydrogen-bond donors (Lipinski definition) is 0. The van der Waals surface area contributed by atoms with Crippen molar-refractivity contribution >= 4 is 0 Å². The maximum Gasteiger partial charge on any atom is -0.0383 e. The first kappa shape index (κ1) is 9.00. The topological polar surface area (TPSA) is 0 Å². The minimum atomic E-state index is 0.551. The molecule has 0 N–H and O–H groups in total. The number of unbranched alkanes of at least 4 members (excludes halogenated alkanes) is 2. The van der Waals surface area contributed by atoms with E-state index >= 15 is 0 Å². The molecule has 0 fully saturated rings. The molecule has 0 unspecified atom stereocenters. The van der Waals surface area contributed by atoms with Gasteiger partial charge in [-0.15, -0.1) is 0 Å². The predicted octanol–water partition coefficient (Wildman–Crippen LogP) is 3.61. The van der Waals surface area contributed by atoms with Gasteiger partial charge in [-0.25, -0.2) is 0 Å². The summed E-state index contributed by atoms with van der Waals surface area (Å²) in [6.45, 7) is 9.18. The Balaban J connectivity index is 3.07. The standard InChI is InChI=1S/C9H20/c1-5-6-7-8-9(2,3)4/h5-8H2,1-4H3. The van der Waals surface area contributed by atoms with Crippen molar-refractivity contribution in [1.82, 2.24) is 0 Å². The maximum atomic E-state index is 2.31. The second kappa shape index (κ2) is 3.92. The van der Waals surface area contributed by atoms with Crippen LogP contribution in [0.5, 0.6) is 0 Å². The molecule has 0 nitrogen and oxygen atoms in total. The molecule has 0 aliphatic rings. The van der Waals surface area contributed by atoms with Crippen LogP contribution in [0.4, 0.5) is 0 Å². The third kappa shape index (κ3) is 8.00. The van der Waals surface area contributed by atoms with E-state index < -0.39 is 0 Å². The lowest BCUT2D eigenvalue weighted by Gasteiger charge is -2.16. The van der Waals surface area contributed by atoms with Gasteiger partial charge < -0.3 is 0 Å². The van der Waals surface area contributed by atoms with Gasteiger partial charge in [0, 0.05) is 0 Å². The molecule has 0 aliphatic heterocycles. The Hall–Kier alpha value is 0. The van der Waals surface area contributed by atoms with Gasteiger partial charge in [0.25, 0.3) is 0 Å². The van der Waals surface area contributed by atoms with E-state index in [2.05, 4.69) is 27.7 Å². The summed E-state index contributed by atoms with van der Waals surface area (Å²) >= 11 is 0. The highest BCUT2D eigenvalue weighted by Gasteiger charge is 2.07. The summed E-state index contributed by atoms with van der Waals surface area (Å²) in [6.07, 6.45) is 5.52. The van der Waals surface area contributed by atoms with Crippen LogP contribution >= 0.6 is 0 Å². The summed E-state index contributed by atoms with van der Waals surface area (Å²) in [7, 11) is 0. The maximum absolute atomic E-state index is 2.31. The molecule has 0 saturated heterocycles. The molecule has 0 atom stereocenters. The van der Waals surface area contributed by atoms with Crippen molar-refractivity contribution in [2.24, 2.45) is 5.41 Å². The summed E-state index contributed by atoms with van der Waals surface area (Å²) in [5.41, 5.74) is 0.551. The van der Waals surface area contributed by atoms with Crippen molar-refractivity contribution < 1.29 is 0 Å². The Morgan fingerprint density at radius 3 is 1.89 bits per heavy atom. The highest BCUT2D eigenvalue weighted by molar-refractivity contribution is 4.60. The van der Waals surface area contributed by atoms with E-state index in [0.29, 0.717) is 5.41 Å². The zero-order valence-corrected chi connectivity index (χ0v) is 7.33. The van der Waals surface area contributed by atoms with Crippen LogP contribution in [0.1, 0.15) is 53.4 Å². The van der Waals surface area contributed by atoms with Gasteiger partial charge in [-0.05, 0) is 11.8 Å². The van der Waals surface area contributed by atoms with Gasteiger partial charge in [0.15, 0.2) is 0 Å². The Bertz CT molecular complexity index is 56.9. The smallest absolute Gasteiger partial charge is 0.0383 e. The molecule has 0 spiro atoms. The van der Waals surface area contributed by atoms with Gasteiger partial charge in [0.05, 0.1) is 0 Å². The Kier molecular flexibility index (Phi) is 3.92. The minimum absolute atomic E-state index is 0.551. The monoisotopic (exact) mass is 128 g/mol. The molecule has 0 aliphatic carbocycles. The lowest BCUT2D eigenvalue weighted by molar-refractivity contribution is 0.359. The lowest BCUT2D eigenvalue weighted by Crippen LogP contribution is -2.03. The van der Waals surface area contributed by atoms with Crippen molar-refractivity contribution in [2.45, 2.75) is 53.4 Å². The molecule has 0 amide bonds. The third-order valence-corrected chi connectivity index (χ3v) is 1.53. The quantitative estimate of drug-likeness (QED) is 0.509. The molecule has 0 radical (unpaired) electrons. The first-order valence-corrected chi connectivity index (χ1v) is 4.06. The zero-order valence-electron chi connectivity index (χ0n) is 7.33. The fraction of sp³-hybridized carbons (Fsp3) is 1.00. The van der Waals surface area contributed by atoms with Gasteiger partial charge in [0.1, 0.15) is 0 Å². The molecule has 0 rings (SSSR count). The average Bonchev–Trinajstić information content (AvgIpc) is 1.63. The van der Waals surface area contributed by atoms with Crippen LogP contribution in [0.3, 0.4) is 0 Å². The summed E-state index contributed by atoms with van der Waals surface area (Å²) < 4.78 is 0. The van der Waals surface area contributed by atoms with E-state index in [0.717, 1.165) is 0 Å². The predicted molar refractivity (Wildman–Crippen MR) is 43.6 cm³/mol. The van der Waals surface area contributed by atoms with E-state index in [1.807, 2.05) is 0 Å². The first-order valence-electron chi connectivity index (χ1n) is 4.06. The van der Waals surface area contributed by atoms with E-state index in [-0.39, 0.29) is 0 Å². The van der Waals surface area contributed by atoms with Crippen molar-refractivity contribution in [2.75, 3.05) is 0 Å². The Labute approximate surface area is 59.7 Å². The Morgan fingerprint density at radius 1 is 1.00 bits per heavy atom. The van der Waals surface area contributed by atoms with Crippen LogP contribution in [0.15, 0.2) is 0 Å². The molecular formula is C9H20. The highest BCUT2D eigenvalue weighted by atomic mass is 14.1. The van der Waals surface area contributed by atoms with Crippen molar-refractivity contribution in [1.29, 1.82) is 0 Å². The molecule has 0 bridgehead atoms. The fourth-order valence-corrected chi connectivity index (χ4v) is 0.905. The largest absolute Gasteiger partial charge is 0.0654 e. The van der Waals surface area contributed by atoms with Crippen LogP contribution < -0.4 is 0 Å². The van der Waals surface area contributed by atoms with Gasteiger partial charge in [-0.3, -0.25) is 0 Å². The average molecular weight is 128 g/mol. The van der Waals surface area contributed by atoms with Crippen molar-refractivity contribution in [3.63, 3.8) is 0 Å². The second-order valence-corrected chi connectivity index (χ2v) is 4.02. The molecule has 9 heavy (non-hydrogen) atoms. The molecule has 0 aromatic rings. The van der Waals surface area contributed by atoms with Crippen molar-refractivity contribution in [3.05, 3.63) is 0 Å². The first-order chi connectivity index (χ1) is 4.06. The molecule has 56 valence electrons. The second-order valence-electron chi connectivity index (χ2n) is 4.02. The van der Waals surface area contributed by atoms with E-state index in [4.69, 9.17) is 0 Å². The highest BCUT2D eigenvalue weighted by Crippen LogP contribution is 2.21. The van der Waals surface area contributed by atoms with Crippen molar-refractivity contribution in [3.8, 4) is 0 Å². The van der Waals surface area contributed by atoms with E-state index in [1.54, 1.807) is 0 Å². The molecule has 0 aromatic carbocycles.